The van der Waals surface area contributed by atoms with E-state index in [9.17, 15) is 13.2 Å². The van der Waals surface area contributed by atoms with E-state index in [1.165, 1.54) is 0 Å². The van der Waals surface area contributed by atoms with Gasteiger partial charge in [0.05, 0.1) is 5.69 Å². The molecule has 1 aromatic rings. The highest BCUT2D eigenvalue weighted by atomic mass is 127. The molecule has 0 aliphatic heterocycles. The molecule has 0 aliphatic carbocycles. The molecule has 0 radical (unpaired) electrons. The predicted molar refractivity (Wildman–Crippen MR) is 49.8 cm³/mol. The number of hydrogen-bond donors (Lipinski definition) is 1. The summed E-state index contributed by atoms with van der Waals surface area (Å²) in [4.78, 5) is 3.62. The van der Waals surface area contributed by atoms with Gasteiger partial charge in [0.1, 0.15) is 3.70 Å². The standard InChI is InChI=1S/C7H6F3IN2/c8-4-1-3(6(9)10)5(2-12)13-7(4)11/h1,6H,2,12H2. The first kappa shape index (κ1) is 10.7. The Labute approximate surface area is 86.5 Å². The lowest BCUT2D eigenvalue weighted by Crippen LogP contribution is -2.07. The van der Waals surface area contributed by atoms with Crippen molar-refractivity contribution in [2.45, 2.75) is 13.0 Å². The molecule has 0 bridgehead atoms. The fraction of sp³-hybridized carbons (Fsp3) is 0.286. The molecule has 1 aromatic heterocycles. The lowest BCUT2D eigenvalue weighted by molar-refractivity contribution is 0.149. The number of nitrogens with zero attached hydrogens (tertiary/aromatic N) is 1. The van der Waals surface area contributed by atoms with Crippen LogP contribution in [0.5, 0.6) is 0 Å². The number of halogens is 4. The molecule has 0 aliphatic rings. The van der Waals surface area contributed by atoms with Crippen LogP contribution < -0.4 is 5.73 Å². The highest BCUT2D eigenvalue weighted by molar-refractivity contribution is 14.1. The summed E-state index contributed by atoms with van der Waals surface area (Å²) in [5.74, 6) is -0.742. The average Bonchev–Trinajstić information content (AvgIpc) is 2.08. The molecule has 13 heavy (non-hydrogen) atoms. The number of alkyl halides is 2. The monoisotopic (exact) mass is 302 g/mol. The van der Waals surface area contributed by atoms with Gasteiger partial charge in [0, 0.05) is 12.1 Å². The van der Waals surface area contributed by atoms with Crippen LogP contribution in [0.4, 0.5) is 13.2 Å². The van der Waals surface area contributed by atoms with E-state index in [1.54, 1.807) is 22.6 Å². The third kappa shape index (κ3) is 2.31. The Balaban J connectivity index is 3.25. The molecule has 0 spiro atoms. The topological polar surface area (TPSA) is 38.9 Å². The van der Waals surface area contributed by atoms with Gasteiger partial charge < -0.3 is 5.73 Å². The van der Waals surface area contributed by atoms with Crippen LogP contribution in [0, 0.1) is 9.52 Å². The minimum Gasteiger partial charge on any atom is -0.325 e. The fourth-order valence-corrected chi connectivity index (χ4v) is 1.32. The van der Waals surface area contributed by atoms with Gasteiger partial charge >= 0.3 is 0 Å². The van der Waals surface area contributed by atoms with E-state index in [1.807, 2.05) is 0 Å². The number of aromatic nitrogens is 1. The first-order valence-electron chi connectivity index (χ1n) is 3.39. The molecule has 0 fully saturated rings. The Morgan fingerprint density at radius 3 is 2.62 bits per heavy atom. The van der Waals surface area contributed by atoms with Crippen molar-refractivity contribution in [3.05, 3.63) is 26.8 Å². The summed E-state index contributed by atoms with van der Waals surface area (Å²) in [7, 11) is 0. The Morgan fingerprint density at radius 1 is 1.54 bits per heavy atom. The van der Waals surface area contributed by atoms with Crippen molar-refractivity contribution in [1.82, 2.24) is 4.98 Å². The Bertz CT molecular complexity index is 317. The third-order valence-electron chi connectivity index (χ3n) is 1.47. The van der Waals surface area contributed by atoms with E-state index in [0.29, 0.717) is 0 Å². The van der Waals surface area contributed by atoms with Gasteiger partial charge in [-0.25, -0.2) is 18.2 Å². The summed E-state index contributed by atoms with van der Waals surface area (Å²) < 4.78 is 37.4. The molecule has 1 heterocycles. The maximum Gasteiger partial charge on any atom is 0.265 e. The van der Waals surface area contributed by atoms with Gasteiger partial charge in [-0.05, 0) is 28.7 Å². The quantitative estimate of drug-likeness (QED) is 0.672. The number of hydrogen-bond acceptors (Lipinski definition) is 2. The van der Waals surface area contributed by atoms with Gasteiger partial charge in [-0.1, -0.05) is 0 Å². The van der Waals surface area contributed by atoms with E-state index in [-0.39, 0.29) is 15.9 Å². The third-order valence-corrected chi connectivity index (χ3v) is 2.23. The lowest BCUT2D eigenvalue weighted by atomic mass is 10.2. The highest BCUT2D eigenvalue weighted by Crippen LogP contribution is 2.23. The molecule has 72 valence electrons. The molecule has 1 rings (SSSR count). The Kier molecular flexibility index (Phi) is 3.48. The van der Waals surface area contributed by atoms with Gasteiger partial charge in [-0.3, -0.25) is 0 Å². The zero-order chi connectivity index (χ0) is 10.0. The highest BCUT2D eigenvalue weighted by Gasteiger charge is 2.16. The minimum absolute atomic E-state index is 0.0424. The summed E-state index contributed by atoms with van der Waals surface area (Å²) in [6, 6.07) is 0.779. The van der Waals surface area contributed by atoms with Crippen LogP contribution in [0.2, 0.25) is 0 Å². The zero-order valence-corrected chi connectivity index (χ0v) is 8.56. The van der Waals surface area contributed by atoms with Gasteiger partial charge in [-0.2, -0.15) is 0 Å². The second kappa shape index (κ2) is 4.23. The van der Waals surface area contributed by atoms with Crippen molar-refractivity contribution >= 4 is 22.6 Å². The molecular weight excluding hydrogens is 296 g/mol. The second-order valence-electron chi connectivity index (χ2n) is 2.30. The molecule has 2 N–H and O–H groups in total. The van der Waals surface area contributed by atoms with Crippen LogP contribution in [0.3, 0.4) is 0 Å². The molecule has 0 saturated carbocycles. The van der Waals surface area contributed by atoms with Crippen LogP contribution in [0.1, 0.15) is 17.7 Å². The minimum atomic E-state index is -2.74. The van der Waals surface area contributed by atoms with Gasteiger partial charge in [0.2, 0.25) is 0 Å². The van der Waals surface area contributed by atoms with Crippen molar-refractivity contribution in [3.8, 4) is 0 Å². The molecule has 0 amide bonds. The zero-order valence-electron chi connectivity index (χ0n) is 6.40. The SMILES string of the molecule is NCc1nc(I)c(F)cc1C(F)F. The predicted octanol–water partition coefficient (Wildman–Crippen LogP) is 2.22. The lowest BCUT2D eigenvalue weighted by Gasteiger charge is -2.06. The largest absolute Gasteiger partial charge is 0.325 e. The van der Waals surface area contributed by atoms with Crippen LogP contribution in [-0.2, 0) is 6.54 Å². The molecule has 0 aromatic carbocycles. The normalized spacial score (nSPS) is 10.9. The van der Waals surface area contributed by atoms with Crippen molar-refractivity contribution in [2.24, 2.45) is 5.73 Å². The molecule has 0 atom stereocenters. The number of nitrogens with two attached hydrogens (primary N) is 1. The van der Waals surface area contributed by atoms with E-state index in [2.05, 4.69) is 4.98 Å². The Morgan fingerprint density at radius 2 is 2.15 bits per heavy atom. The smallest absolute Gasteiger partial charge is 0.265 e. The molecular formula is C7H6F3IN2. The van der Waals surface area contributed by atoms with Gasteiger partial charge in [0.15, 0.2) is 5.82 Å². The van der Waals surface area contributed by atoms with E-state index in [4.69, 9.17) is 5.73 Å². The van der Waals surface area contributed by atoms with Crippen molar-refractivity contribution in [2.75, 3.05) is 0 Å². The van der Waals surface area contributed by atoms with Crippen molar-refractivity contribution in [1.29, 1.82) is 0 Å². The van der Waals surface area contributed by atoms with Crippen LogP contribution in [-0.4, -0.2) is 4.98 Å². The summed E-state index contributed by atoms with van der Waals surface area (Å²) in [6.07, 6.45) is -2.74. The second-order valence-corrected chi connectivity index (χ2v) is 3.32. The van der Waals surface area contributed by atoms with Crippen LogP contribution in [0.25, 0.3) is 0 Å². The molecule has 2 nitrogen and oxygen atoms in total. The van der Waals surface area contributed by atoms with E-state index < -0.39 is 17.8 Å². The molecule has 6 heteroatoms. The first-order valence-corrected chi connectivity index (χ1v) is 4.47. The number of rotatable bonds is 2. The summed E-state index contributed by atoms with van der Waals surface area (Å²) in [6.45, 7) is -0.115. The van der Waals surface area contributed by atoms with Crippen LogP contribution >= 0.6 is 22.6 Å². The number of pyridine rings is 1. The van der Waals surface area contributed by atoms with Crippen molar-refractivity contribution in [3.63, 3.8) is 0 Å². The van der Waals surface area contributed by atoms with E-state index in [0.717, 1.165) is 6.07 Å². The average molecular weight is 302 g/mol. The summed E-state index contributed by atoms with van der Waals surface area (Å²) in [5.41, 5.74) is 4.80. The van der Waals surface area contributed by atoms with Gasteiger partial charge in [0.25, 0.3) is 6.43 Å². The Hall–Kier alpha value is -0.370. The maximum absolute atomic E-state index is 12.8. The van der Waals surface area contributed by atoms with Crippen LogP contribution in [0.15, 0.2) is 6.07 Å². The molecule has 0 saturated heterocycles. The summed E-state index contributed by atoms with van der Waals surface area (Å²) in [5, 5.41) is 0. The van der Waals surface area contributed by atoms with Gasteiger partial charge in [-0.15, -0.1) is 0 Å². The maximum atomic E-state index is 12.8. The fourth-order valence-electron chi connectivity index (χ4n) is 0.868. The summed E-state index contributed by atoms with van der Waals surface area (Å²) >= 11 is 1.63. The first-order chi connectivity index (χ1) is 6.06. The van der Waals surface area contributed by atoms with E-state index >= 15 is 0 Å². The molecule has 0 unspecified atom stereocenters. The van der Waals surface area contributed by atoms with Crippen molar-refractivity contribution < 1.29 is 13.2 Å².